The summed E-state index contributed by atoms with van der Waals surface area (Å²) in [4.78, 5) is 57.5. The van der Waals surface area contributed by atoms with Crippen molar-refractivity contribution in [3.8, 4) is 11.4 Å². The van der Waals surface area contributed by atoms with E-state index in [0.29, 0.717) is 51.5 Å². The molecule has 9 N–H and O–H groups in total. The summed E-state index contributed by atoms with van der Waals surface area (Å²) in [5.41, 5.74) is 19.8. The minimum absolute atomic E-state index is 0.0143. The molecule has 4 heterocycles. The van der Waals surface area contributed by atoms with E-state index in [4.69, 9.17) is 21.9 Å². The number of ether oxygens (including phenoxy) is 1. The molecule has 18 nitrogen and oxygen atoms in total. The number of carbonyl (C=O) groups is 3. The fraction of sp³-hybridized carbons (Fsp3) is 0.259. The highest BCUT2D eigenvalue weighted by Gasteiger charge is 2.24. The molecule has 0 unspecified atom stereocenters. The summed E-state index contributed by atoms with van der Waals surface area (Å²) in [7, 11) is 3.08. The molecule has 1 aromatic carbocycles. The van der Waals surface area contributed by atoms with Gasteiger partial charge in [0.25, 0.3) is 11.8 Å². The van der Waals surface area contributed by atoms with Crippen molar-refractivity contribution >= 4 is 62.7 Å². The molecule has 0 aliphatic rings. The zero-order valence-corrected chi connectivity index (χ0v) is 25.5. The van der Waals surface area contributed by atoms with Gasteiger partial charge < -0.3 is 37.5 Å². The monoisotopic (exact) mass is 646 g/mol. The smallest absolute Gasteiger partial charge is 0.328 e. The number of esters is 1. The maximum Gasteiger partial charge on any atom is 0.328 e. The van der Waals surface area contributed by atoms with Gasteiger partial charge in [-0.2, -0.15) is 15.2 Å². The number of nitrogen functional groups attached to an aromatic ring is 3. The highest BCUT2D eigenvalue weighted by Crippen LogP contribution is 2.27. The van der Waals surface area contributed by atoms with Crippen LogP contribution in [0.4, 0.5) is 22.5 Å². The molecule has 238 valence electrons. The van der Waals surface area contributed by atoms with Gasteiger partial charge in [-0.1, -0.05) is 0 Å². The lowest BCUT2D eigenvalue weighted by Gasteiger charge is -2.17. The number of aromatic amines is 1. The van der Waals surface area contributed by atoms with E-state index in [1.54, 1.807) is 36.5 Å². The fourth-order valence-corrected chi connectivity index (χ4v) is 5.35. The van der Waals surface area contributed by atoms with Gasteiger partial charge in [-0.3, -0.25) is 9.59 Å². The molecule has 5 rings (SSSR count). The van der Waals surface area contributed by atoms with Crippen LogP contribution in [0.2, 0.25) is 0 Å². The van der Waals surface area contributed by atoms with E-state index in [0.717, 1.165) is 5.00 Å². The average Bonchev–Trinajstić information content (AvgIpc) is 3.76. The summed E-state index contributed by atoms with van der Waals surface area (Å²) in [6.07, 6.45) is 2.15. The van der Waals surface area contributed by atoms with Crippen molar-refractivity contribution in [2.45, 2.75) is 25.4 Å². The predicted octanol–water partition coefficient (Wildman–Crippen LogP) is 0.526. The Labute approximate surface area is 265 Å². The highest BCUT2D eigenvalue weighted by molar-refractivity contribution is 7.18. The van der Waals surface area contributed by atoms with Gasteiger partial charge >= 0.3 is 5.97 Å². The van der Waals surface area contributed by atoms with Crippen molar-refractivity contribution in [1.29, 1.82) is 0 Å². The molecule has 1 atom stereocenters. The minimum atomic E-state index is -0.932. The number of nitrogens with zero attached hydrogens (tertiary/aromatic N) is 8. The summed E-state index contributed by atoms with van der Waals surface area (Å²) >= 11 is 1.23. The summed E-state index contributed by atoms with van der Waals surface area (Å²) in [5, 5.41) is 20.0. The Balaban J connectivity index is 1.16. The van der Waals surface area contributed by atoms with Crippen molar-refractivity contribution in [3.63, 3.8) is 0 Å². The SMILES string of the molecule is COC(=O)[C@H](CCCNC(=O)c1ccc(N)cc1-c1nn[nH]n1)NC(=O)c1ccc(N(C)Cc2cnc3nc(N)nc(N)c3n2)s1. The Kier molecular flexibility index (Phi) is 9.41. The van der Waals surface area contributed by atoms with Crippen molar-refractivity contribution in [3.05, 3.63) is 52.7 Å². The molecule has 0 saturated heterocycles. The van der Waals surface area contributed by atoms with Crippen molar-refractivity contribution in [1.82, 2.24) is 51.2 Å². The van der Waals surface area contributed by atoms with E-state index in [2.05, 4.69) is 51.2 Å². The van der Waals surface area contributed by atoms with Crippen LogP contribution in [0, 0.1) is 0 Å². The predicted molar refractivity (Wildman–Crippen MR) is 169 cm³/mol. The lowest BCUT2D eigenvalue weighted by molar-refractivity contribution is -0.143. The second-order valence-electron chi connectivity index (χ2n) is 9.98. The third-order valence-electron chi connectivity index (χ3n) is 6.71. The molecule has 2 amide bonds. The van der Waals surface area contributed by atoms with Crippen molar-refractivity contribution < 1.29 is 19.1 Å². The first kappa shape index (κ1) is 31.4. The molecule has 4 aromatic heterocycles. The number of amides is 2. The molecule has 0 radical (unpaired) electrons. The quantitative estimate of drug-likeness (QED) is 0.0612. The number of methoxy groups -OCH3 is 1. The van der Waals surface area contributed by atoms with E-state index in [1.807, 2.05) is 11.9 Å². The Bertz CT molecular complexity index is 1880. The van der Waals surface area contributed by atoms with Crippen LogP contribution in [-0.4, -0.2) is 85.1 Å². The molecule has 0 bridgehead atoms. The molecular weight excluding hydrogens is 616 g/mol. The van der Waals surface area contributed by atoms with Crippen LogP contribution in [-0.2, 0) is 16.1 Å². The van der Waals surface area contributed by atoms with E-state index >= 15 is 0 Å². The second-order valence-corrected chi connectivity index (χ2v) is 11.0. The molecule has 19 heteroatoms. The van der Waals surface area contributed by atoms with Gasteiger partial charge in [0.2, 0.25) is 11.8 Å². The number of thiophene rings is 1. The number of hydrogen-bond donors (Lipinski definition) is 6. The zero-order valence-electron chi connectivity index (χ0n) is 24.7. The standard InChI is InChI=1S/C27H30N14O4S/c1-41(12-14-11-32-23-20(33-14)21(29)35-27(30)36-23)19-8-7-18(46-19)25(43)34-17(26(44)45-2)4-3-9-31-24(42)15-6-5-13(28)10-16(15)22-37-39-40-38-22/h5-8,10-11,17H,3-4,9,12,28H2,1-2H3,(H,31,42)(H,34,43)(H,37,38,39,40)(H4,29,30,32,35,36)/t17-/m0/s1. The van der Waals surface area contributed by atoms with Crippen molar-refractivity contribution in [2.75, 3.05) is 42.8 Å². The van der Waals surface area contributed by atoms with Crippen LogP contribution in [0.3, 0.4) is 0 Å². The van der Waals surface area contributed by atoms with Crippen LogP contribution in [0.15, 0.2) is 36.5 Å². The maximum absolute atomic E-state index is 13.1. The van der Waals surface area contributed by atoms with Crippen molar-refractivity contribution in [2.24, 2.45) is 0 Å². The second kappa shape index (κ2) is 13.8. The number of aromatic nitrogens is 8. The minimum Gasteiger partial charge on any atom is -0.467 e. The summed E-state index contributed by atoms with van der Waals surface area (Å²) in [6.45, 7) is 0.576. The number of rotatable bonds is 12. The zero-order chi connectivity index (χ0) is 32.8. The first-order valence-electron chi connectivity index (χ1n) is 13.8. The molecule has 5 aromatic rings. The number of carbonyl (C=O) groups excluding carboxylic acids is 3. The van der Waals surface area contributed by atoms with Gasteiger partial charge in [-0.15, -0.1) is 21.5 Å². The van der Waals surface area contributed by atoms with E-state index in [1.165, 1.54) is 18.4 Å². The van der Waals surface area contributed by atoms with Crippen LogP contribution in [0.1, 0.15) is 38.6 Å². The highest BCUT2D eigenvalue weighted by atomic mass is 32.1. The molecular formula is C27H30N14O4S. The average molecular weight is 647 g/mol. The number of nitrogens with two attached hydrogens (primary N) is 3. The Morgan fingerprint density at radius 1 is 1.09 bits per heavy atom. The molecule has 0 saturated carbocycles. The lowest BCUT2D eigenvalue weighted by atomic mass is 10.0. The number of nitrogens with one attached hydrogen (secondary N) is 3. The maximum atomic E-state index is 13.1. The van der Waals surface area contributed by atoms with Gasteiger partial charge in [0.15, 0.2) is 17.0 Å². The molecule has 46 heavy (non-hydrogen) atoms. The number of H-pyrrole nitrogens is 1. The topological polar surface area (TPSA) is 272 Å². The molecule has 0 fully saturated rings. The van der Waals surface area contributed by atoms with Crippen LogP contribution in [0.25, 0.3) is 22.6 Å². The third-order valence-corrected chi connectivity index (χ3v) is 7.91. The Hall–Kier alpha value is -5.98. The number of anilines is 4. The van der Waals surface area contributed by atoms with Gasteiger partial charge in [-0.25, -0.2) is 14.8 Å². The lowest BCUT2D eigenvalue weighted by Crippen LogP contribution is -2.41. The summed E-state index contributed by atoms with van der Waals surface area (Å²) < 4.78 is 4.90. The van der Waals surface area contributed by atoms with Gasteiger partial charge in [0.05, 0.1) is 41.0 Å². The van der Waals surface area contributed by atoms with E-state index in [9.17, 15) is 14.4 Å². The van der Waals surface area contributed by atoms with E-state index < -0.39 is 17.9 Å². The normalized spacial score (nSPS) is 11.6. The molecule has 0 aliphatic heterocycles. The number of fused-ring (bicyclic) bond motifs is 1. The first-order valence-corrected chi connectivity index (χ1v) is 14.6. The molecule has 0 aliphatic carbocycles. The Morgan fingerprint density at radius 3 is 2.67 bits per heavy atom. The van der Waals surface area contributed by atoms with Gasteiger partial charge in [0.1, 0.15) is 6.04 Å². The fourth-order valence-electron chi connectivity index (χ4n) is 4.48. The Morgan fingerprint density at radius 2 is 1.91 bits per heavy atom. The largest absolute Gasteiger partial charge is 0.467 e. The third kappa shape index (κ3) is 7.21. The summed E-state index contributed by atoms with van der Waals surface area (Å²) in [6, 6.07) is 7.26. The number of tetrazole rings is 1. The number of hydrogen-bond acceptors (Lipinski definition) is 16. The van der Waals surface area contributed by atoms with Crippen LogP contribution in [0.5, 0.6) is 0 Å². The first-order chi connectivity index (χ1) is 22.1. The van der Waals surface area contributed by atoms with Crippen LogP contribution < -0.4 is 32.7 Å². The van der Waals surface area contributed by atoms with Gasteiger partial charge in [-0.05, 0) is 48.4 Å². The van der Waals surface area contributed by atoms with Crippen LogP contribution >= 0.6 is 11.3 Å². The van der Waals surface area contributed by atoms with E-state index in [-0.39, 0.29) is 36.5 Å². The summed E-state index contributed by atoms with van der Waals surface area (Å²) in [5.74, 6) is -1.06. The molecule has 0 spiro atoms. The van der Waals surface area contributed by atoms with Gasteiger partial charge in [0, 0.05) is 24.8 Å². The number of benzene rings is 1.